The van der Waals surface area contributed by atoms with Crippen molar-refractivity contribution in [3.63, 3.8) is 0 Å². The van der Waals surface area contributed by atoms with E-state index in [0.717, 1.165) is 47.9 Å². The van der Waals surface area contributed by atoms with Gasteiger partial charge in [-0.05, 0) is 54.6 Å². The van der Waals surface area contributed by atoms with Gasteiger partial charge in [-0.25, -0.2) is 13.4 Å². The number of hydrogen-bond acceptors (Lipinski definition) is 8. The van der Waals surface area contributed by atoms with Crippen molar-refractivity contribution in [2.45, 2.75) is 42.1 Å². The van der Waals surface area contributed by atoms with Gasteiger partial charge in [0.15, 0.2) is 0 Å². The maximum absolute atomic E-state index is 13.1. The van der Waals surface area contributed by atoms with Gasteiger partial charge < -0.3 is 5.32 Å². The highest BCUT2D eigenvalue weighted by Crippen LogP contribution is 2.43. The minimum absolute atomic E-state index is 0.0305. The zero-order valence-electron chi connectivity index (χ0n) is 19.9. The van der Waals surface area contributed by atoms with Crippen LogP contribution in [-0.4, -0.2) is 36.9 Å². The summed E-state index contributed by atoms with van der Waals surface area (Å²) in [6.07, 6.45) is 6.96. The predicted octanol–water partition coefficient (Wildman–Crippen LogP) is 5.47. The first kappa shape index (κ1) is 23.6. The summed E-state index contributed by atoms with van der Waals surface area (Å²) >= 11 is 2.97. The molecule has 1 N–H and O–H groups in total. The standard InChI is InChI=1S/C26H27N5O2S3/c1-30(36(32,33)24-11-6-14-34-24)23-9-4-7-18-15-21(29-25(18)23)26-28-16-19(35-26)17-31-13-5-10-22(31)20-8-2-3-12-27-20/h2-4,6-9,11-12,14,16,21-22,29H,5,10,13,15,17H2,1H3. The summed E-state index contributed by atoms with van der Waals surface area (Å²) in [6.45, 7) is 1.93. The third-order valence-corrected chi connectivity index (χ3v) is 11.2. The number of likely N-dealkylation sites (tertiary alicyclic amines) is 1. The van der Waals surface area contributed by atoms with E-state index in [1.165, 1.54) is 26.9 Å². The molecule has 2 unspecified atom stereocenters. The van der Waals surface area contributed by atoms with E-state index in [1.807, 2.05) is 30.6 Å². The van der Waals surface area contributed by atoms with E-state index in [4.69, 9.17) is 4.98 Å². The Morgan fingerprint density at radius 2 is 2.06 bits per heavy atom. The Bertz CT molecular complexity index is 1450. The molecule has 1 fully saturated rings. The molecule has 10 heteroatoms. The lowest BCUT2D eigenvalue weighted by Gasteiger charge is -2.23. The topological polar surface area (TPSA) is 78.4 Å². The average Bonchev–Trinajstić information content (AvgIpc) is 3.70. The number of aromatic nitrogens is 2. The molecule has 36 heavy (non-hydrogen) atoms. The van der Waals surface area contributed by atoms with E-state index in [-0.39, 0.29) is 6.04 Å². The number of nitrogens with one attached hydrogen (secondary N) is 1. The zero-order chi connectivity index (χ0) is 24.7. The highest BCUT2D eigenvalue weighted by atomic mass is 32.2. The Kier molecular flexibility index (Phi) is 6.28. The molecular formula is C26H27N5O2S3. The molecule has 0 spiro atoms. The molecule has 7 nitrogen and oxygen atoms in total. The number of fused-ring (bicyclic) bond motifs is 1. The summed E-state index contributed by atoms with van der Waals surface area (Å²) in [7, 11) is -1.98. The number of nitrogens with zero attached hydrogens (tertiary/aromatic N) is 4. The fourth-order valence-corrected chi connectivity index (χ4v) is 8.50. The number of thiazole rings is 1. The number of sulfonamides is 1. The molecule has 6 rings (SSSR count). The lowest BCUT2D eigenvalue weighted by Crippen LogP contribution is -2.26. The SMILES string of the molecule is CN(c1cccc2c1NC(c1ncc(CN3CCCC3c3ccccn3)s1)C2)S(=O)(=O)c1cccs1. The normalized spacial score (nSPS) is 19.8. The van der Waals surface area contributed by atoms with Crippen LogP contribution in [0.15, 0.2) is 70.5 Å². The number of anilines is 2. The second-order valence-electron chi connectivity index (χ2n) is 9.16. The van der Waals surface area contributed by atoms with Gasteiger partial charge in [-0.1, -0.05) is 24.3 Å². The monoisotopic (exact) mass is 537 g/mol. The molecule has 0 amide bonds. The van der Waals surface area contributed by atoms with Gasteiger partial charge in [-0.2, -0.15) is 0 Å². The number of benzene rings is 1. The first-order chi connectivity index (χ1) is 17.5. The quantitative estimate of drug-likeness (QED) is 0.337. The largest absolute Gasteiger partial charge is 0.374 e. The molecule has 0 saturated carbocycles. The van der Waals surface area contributed by atoms with E-state index in [1.54, 1.807) is 35.9 Å². The van der Waals surface area contributed by atoms with Crippen LogP contribution in [0.2, 0.25) is 0 Å². The van der Waals surface area contributed by atoms with Crippen molar-refractivity contribution < 1.29 is 8.42 Å². The molecule has 2 aliphatic heterocycles. The lowest BCUT2D eigenvalue weighted by atomic mass is 10.1. The maximum atomic E-state index is 13.1. The number of thiophene rings is 1. The van der Waals surface area contributed by atoms with Gasteiger partial charge in [-0.3, -0.25) is 14.2 Å². The maximum Gasteiger partial charge on any atom is 0.273 e. The minimum atomic E-state index is -3.60. The van der Waals surface area contributed by atoms with Crippen LogP contribution < -0.4 is 9.62 Å². The molecule has 5 heterocycles. The summed E-state index contributed by atoms with van der Waals surface area (Å²) in [5, 5.41) is 6.40. The molecule has 3 aromatic heterocycles. The molecule has 0 radical (unpaired) electrons. The molecule has 2 atom stereocenters. The van der Waals surface area contributed by atoms with E-state index in [2.05, 4.69) is 33.4 Å². The van der Waals surface area contributed by atoms with Crippen LogP contribution >= 0.6 is 22.7 Å². The Hall–Kier alpha value is -2.79. The summed E-state index contributed by atoms with van der Waals surface area (Å²) in [5.41, 5.74) is 3.78. The second-order valence-corrected chi connectivity index (χ2v) is 13.5. The van der Waals surface area contributed by atoms with Crippen LogP contribution in [0.1, 0.15) is 46.1 Å². The Morgan fingerprint density at radius 1 is 1.14 bits per heavy atom. The van der Waals surface area contributed by atoms with Crippen LogP contribution in [-0.2, 0) is 23.0 Å². The van der Waals surface area contributed by atoms with Crippen molar-refractivity contribution in [2.75, 3.05) is 23.2 Å². The average molecular weight is 538 g/mol. The highest BCUT2D eigenvalue weighted by molar-refractivity contribution is 7.94. The first-order valence-electron chi connectivity index (χ1n) is 12.0. The molecule has 4 aromatic rings. The Morgan fingerprint density at radius 3 is 2.86 bits per heavy atom. The van der Waals surface area contributed by atoms with Gasteiger partial charge >= 0.3 is 0 Å². The first-order valence-corrected chi connectivity index (χ1v) is 15.1. The van der Waals surface area contributed by atoms with Crippen molar-refractivity contribution in [1.29, 1.82) is 0 Å². The second kappa shape index (κ2) is 9.59. The van der Waals surface area contributed by atoms with E-state index in [9.17, 15) is 8.42 Å². The van der Waals surface area contributed by atoms with Gasteiger partial charge in [0.25, 0.3) is 10.0 Å². The molecule has 0 aliphatic carbocycles. The summed E-state index contributed by atoms with van der Waals surface area (Å²) in [5.74, 6) is 0. The number of hydrogen-bond donors (Lipinski definition) is 1. The van der Waals surface area contributed by atoms with E-state index in [0.29, 0.717) is 15.9 Å². The van der Waals surface area contributed by atoms with Gasteiger partial charge in [-0.15, -0.1) is 22.7 Å². The Labute approximate surface area is 219 Å². The van der Waals surface area contributed by atoms with Gasteiger partial charge in [0.1, 0.15) is 9.22 Å². The highest BCUT2D eigenvalue weighted by Gasteiger charge is 2.32. The van der Waals surface area contributed by atoms with Crippen molar-refractivity contribution in [3.05, 3.63) is 87.4 Å². The van der Waals surface area contributed by atoms with E-state index < -0.39 is 10.0 Å². The number of rotatable bonds is 7. The molecule has 186 valence electrons. The van der Waals surface area contributed by atoms with Gasteiger partial charge in [0.05, 0.1) is 29.2 Å². The Balaban J connectivity index is 1.19. The van der Waals surface area contributed by atoms with Crippen LogP contribution in [0.4, 0.5) is 11.4 Å². The summed E-state index contributed by atoms with van der Waals surface area (Å²) in [4.78, 5) is 13.1. The van der Waals surface area contributed by atoms with Crippen molar-refractivity contribution in [3.8, 4) is 0 Å². The fourth-order valence-electron chi connectivity index (χ4n) is 5.14. The minimum Gasteiger partial charge on any atom is -0.374 e. The smallest absolute Gasteiger partial charge is 0.273 e. The number of para-hydroxylation sites is 1. The third kappa shape index (κ3) is 4.32. The predicted molar refractivity (Wildman–Crippen MR) is 145 cm³/mol. The molecule has 0 bridgehead atoms. The molecule has 1 saturated heterocycles. The molecular weight excluding hydrogens is 511 g/mol. The van der Waals surface area contributed by atoms with Crippen molar-refractivity contribution >= 4 is 44.1 Å². The lowest BCUT2D eigenvalue weighted by molar-refractivity contribution is 0.246. The van der Waals surface area contributed by atoms with Gasteiger partial charge in [0.2, 0.25) is 0 Å². The number of pyridine rings is 1. The van der Waals surface area contributed by atoms with Crippen molar-refractivity contribution in [1.82, 2.24) is 14.9 Å². The zero-order valence-corrected chi connectivity index (χ0v) is 22.3. The van der Waals surface area contributed by atoms with Crippen LogP contribution in [0.5, 0.6) is 0 Å². The third-order valence-electron chi connectivity index (χ3n) is 6.94. The summed E-state index contributed by atoms with van der Waals surface area (Å²) < 4.78 is 28.0. The van der Waals surface area contributed by atoms with Gasteiger partial charge in [0, 0.05) is 37.3 Å². The molecule has 1 aromatic carbocycles. The van der Waals surface area contributed by atoms with Crippen molar-refractivity contribution in [2.24, 2.45) is 0 Å². The van der Waals surface area contributed by atoms with Crippen LogP contribution in [0.3, 0.4) is 0 Å². The van der Waals surface area contributed by atoms with Crippen LogP contribution in [0, 0.1) is 0 Å². The van der Waals surface area contributed by atoms with E-state index >= 15 is 0 Å². The fraction of sp³-hybridized carbons (Fsp3) is 0.308. The molecule has 2 aliphatic rings. The van der Waals surface area contributed by atoms with Crippen LogP contribution in [0.25, 0.3) is 0 Å². The summed E-state index contributed by atoms with van der Waals surface area (Å²) in [6, 6.07) is 15.8.